The summed E-state index contributed by atoms with van der Waals surface area (Å²) in [4.78, 5) is 25.4. The fourth-order valence-electron chi connectivity index (χ4n) is 4.09. The van der Waals surface area contributed by atoms with Gasteiger partial charge in [-0.15, -0.1) is 10.2 Å². The molecule has 8 nitrogen and oxygen atoms in total. The second-order valence-corrected chi connectivity index (χ2v) is 8.78. The number of carboxylic acid groups (broad SMARTS) is 1. The van der Waals surface area contributed by atoms with Gasteiger partial charge in [0, 0.05) is 17.0 Å². The van der Waals surface area contributed by atoms with E-state index >= 15 is 0 Å². The predicted octanol–water partition coefficient (Wildman–Crippen LogP) is 6.15. The molecule has 0 aliphatic heterocycles. The van der Waals surface area contributed by atoms with Gasteiger partial charge in [0.1, 0.15) is 11.4 Å². The molecule has 8 heteroatoms. The fraction of sp³-hybridized carbons (Fsp3) is 0.185. The highest BCUT2D eigenvalue weighted by atomic mass is 16.4. The highest BCUT2D eigenvalue weighted by Gasteiger charge is 2.31. The molecular formula is C27H24N4O4. The first-order valence-corrected chi connectivity index (χ1v) is 11.3. The highest BCUT2D eigenvalue weighted by Crippen LogP contribution is 2.43. The number of aryl methyl sites for hydroxylation is 2. The molecule has 0 bridgehead atoms. The Hall–Kier alpha value is -4.46. The average Bonchev–Trinajstić information content (AvgIpc) is 3.63. The lowest BCUT2D eigenvalue weighted by Crippen LogP contribution is -2.14. The Balaban J connectivity index is 1.66. The van der Waals surface area contributed by atoms with Crippen molar-refractivity contribution in [1.82, 2.24) is 9.78 Å². The van der Waals surface area contributed by atoms with Crippen LogP contribution in [0.15, 0.2) is 75.7 Å². The molecule has 1 saturated carbocycles. The Kier molecular flexibility index (Phi) is 5.56. The largest absolute Gasteiger partial charge is 0.507 e. The van der Waals surface area contributed by atoms with E-state index in [1.54, 1.807) is 30.3 Å². The highest BCUT2D eigenvalue weighted by molar-refractivity contribution is 5.98. The van der Waals surface area contributed by atoms with Gasteiger partial charge in [0.15, 0.2) is 5.69 Å². The maximum absolute atomic E-state index is 13.4. The average molecular weight is 469 g/mol. The number of phenolic OH excluding ortho intramolecular Hbond substituents is 1. The lowest BCUT2D eigenvalue weighted by Gasteiger charge is -2.09. The van der Waals surface area contributed by atoms with Crippen LogP contribution in [0.2, 0.25) is 0 Å². The Labute approximate surface area is 201 Å². The maximum Gasteiger partial charge on any atom is 0.337 e. The third-order valence-electron chi connectivity index (χ3n) is 6.34. The second kappa shape index (κ2) is 8.72. The third kappa shape index (κ3) is 4.14. The molecule has 1 aromatic heterocycles. The number of carboxylic acids is 1. The van der Waals surface area contributed by atoms with Crippen LogP contribution in [0.25, 0.3) is 16.8 Å². The minimum absolute atomic E-state index is 0.0103. The van der Waals surface area contributed by atoms with Gasteiger partial charge in [-0.25, -0.2) is 9.48 Å². The molecule has 4 aromatic rings. The monoisotopic (exact) mass is 468 g/mol. The molecule has 1 aliphatic carbocycles. The fourth-order valence-corrected chi connectivity index (χ4v) is 4.09. The van der Waals surface area contributed by atoms with E-state index in [9.17, 15) is 19.8 Å². The van der Waals surface area contributed by atoms with Crippen molar-refractivity contribution in [2.24, 2.45) is 10.2 Å². The van der Waals surface area contributed by atoms with Crippen LogP contribution in [0.1, 0.15) is 45.9 Å². The van der Waals surface area contributed by atoms with E-state index in [4.69, 9.17) is 0 Å². The van der Waals surface area contributed by atoms with E-state index < -0.39 is 5.97 Å². The first kappa shape index (κ1) is 22.3. The Morgan fingerprint density at radius 2 is 1.66 bits per heavy atom. The van der Waals surface area contributed by atoms with Crippen LogP contribution in [0, 0.1) is 13.8 Å². The number of nitrogens with zero attached hydrogens (tertiary/aromatic N) is 3. The lowest BCUT2D eigenvalue weighted by molar-refractivity contribution is 0.0697. The summed E-state index contributed by atoms with van der Waals surface area (Å²) in [6.45, 7) is 3.99. The molecule has 3 N–H and O–H groups in total. The van der Waals surface area contributed by atoms with Crippen molar-refractivity contribution < 1.29 is 15.0 Å². The molecule has 1 aliphatic rings. The van der Waals surface area contributed by atoms with Gasteiger partial charge in [-0.05, 0) is 62.1 Å². The number of H-pyrrole nitrogens is 1. The summed E-state index contributed by atoms with van der Waals surface area (Å²) in [6, 6.07) is 17.0. The zero-order chi connectivity index (χ0) is 24.7. The zero-order valence-corrected chi connectivity index (χ0v) is 19.3. The number of benzene rings is 3. The standard InChI is InChI=1S/C27H24N4O4/c1-15-10-13-18(14-16(15)2)31-26(33)25(23(30-31)17-11-12-17)29-28-24-20(7-5-8-21(24)27(34)35)19-6-3-4-9-22(19)32/h3-10,13-14,17,30,32H,11-12H2,1-2H3,(H,34,35). The maximum atomic E-state index is 13.4. The van der Waals surface area contributed by atoms with Crippen molar-refractivity contribution in [3.05, 3.63) is 93.4 Å². The van der Waals surface area contributed by atoms with E-state index in [0.29, 0.717) is 22.5 Å². The minimum atomic E-state index is -1.18. The smallest absolute Gasteiger partial charge is 0.337 e. The van der Waals surface area contributed by atoms with Gasteiger partial charge in [0.25, 0.3) is 5.56 Å². The van der Waals surface area contributed by atoms with E-state index in [1.807, 2.05) is 32.0 Å². The Bertz CT molecular complexity index is 1540. The number of phenols is 1. The molecule has 3 aromatic carbocycles. The van der Waals surface area contributed by atoms with Crippen LogP contribution in [0.3, 0.4) is 0 Å². The van der Waals surface area contributed by atoms with Crippen molar-refractivity contribution >= 4 is 17.3 Å². The SMILES string of the molecule is Cc1ccc(-n2[nH]c(C3CC3)c(N=Nc3c(C(=O)O)cccc3-c3ccccc3O)c2=O)cc1C. The molecule has 35 heavy (non-hydrogen) atoms. The first-order valence-electron chi connectivity index (χ1n) is 11.3. The van der Waals surface area contributed by atoms with Gasteiger partial charge >= 0.3 is 5.97 Å². The van der Waals surface area contributed by atoms with Gasteiger partial charge in [0.2, 0.25) is 0 Å². The molecule has 0 atom stereocenters. The molecule has 5 rings (SSSR count). The molecule has 1 heterocycles. The Morgan fingerprint density at radius 3 is 2.34 bits per heavy atom. The quantitative estimate of drug-likeness (QED) is 0.294. The van der Waals surface area contributed by atoms with Gasteiger partial charge in [-0.2, -0.15) is 0 Å². The topological polar surface area (TPSA) is 120 Å². The number of aromatic amines is 1. The number of carbonyl (C=O) groups is 1. The summed E-state index contributed by atoms with van der Waals surface area (Å²) in [5, 5.41) is 31.9. The molecule has 1 fully saturated rings. The van der Waals surface area contributed by atoms with Crippen molar-refractivity contribution in [2.75, 3.05) is 0 Å². The third-order valence-corrected chi connectivity index (χ3v) is 6.34. The first-order chi connectivity index (χ1) is 16.8. The van der Waals surface area contributed by atoms with E-state index in [0.717, 1.165) is 24.0 Å². The van der Waals surface area contributed by atoms with Gasteiger partial charge < -0.3 is 10.2 Å². The molecular weight excluding hydrogens is 444 g/mol. The summed E-state index contributed by atoms with van der Waals surface area (Å²) < 4.78 is 1.46. The van der Waals surface area contributed by atoms with Crippen LogP contribution >= 0.6 is 0 Å². The van der Waals surface area contributed by atoms with E-state index in [1.165, 1.54) is 16.8 Å². The van der Waals surface area contributed by atoms with Crippen LogP contribution in [0.4, 0.5) is 11.4 Å². The summed E-state index contributed by atoms with van der Waals surface area (Å²) in [5.74, 6) is -1.01. The number of nitrogens with one attached hydrogen (secondary N) is 1. The van der Waals surface area contributed by atoms with Crippen molar-refractivity contribution in [3.8, 4) is 22.6 Å². The summed E-state index contributed by atoms with van der Waals surface area (Å²) in [6.07, 6.45) is 1.87. The zero-order valence-electron chi connectivity index (χ0n) is 19.3. The van der Waals surface area contributed by atoms with Crippen LogP contribution < -0.4 is 5.56 Å². The Morgan fingerprint density at radius 1 is 0.943 bits per heavy atom. The molecule has 0 saturated heterocycles. The number of para-hydroxylation sites is 1. The summed E-state index contributed by atoms with van der Waals surface area (Å²) >= 11 is 0. The number of aromatic hydroxyl groups is 1. The van der Waals surface area contributed by atoms with Crippen LogP contribution in [-0.2, 0) is 0 Å². The van der Waals surface area contributed by atoms with Crippen molar-refractivity contribution in [2.45, 2.75) is 32.6 Å². The molecule has 0 amide bonds. The van der Waals surface area contributed by atoms with Gasteiger partial charge in [-0.3, -0.25) is 9.89 Å². The minimum Gasteiger partial charge on any atom is -0.507 e. The number of azo groups is 1. The van der Waals surface area contributed by atoms with Crippen molar-refractivity contribution in [3.63, 3.8) is 0 Å². The molecule has 0 radical (unpaired) electrons. The number of hydrogen-bond acceptors (Lipinski definition) is 5. The van der Waals surface area contributed by atoms with Gasteiger partial charge in [-0.1, -0.05) is 36.4 Å². The summed E-state index contributed by atoms with van der Waals surface area (Å²) in [5.41, 5.74) is 4.20. The summed E-state index contributed by atoms with van der Waals surface area (Å²) in [7, 11) is 0. The second-order valence-electron chi connectivity index (χ2n) is 8.78. The van der Waals surface area contributed by atoms with E-state index in [-0.39, 0.29) is 34.2 Å². The molecule has 0 unspecified atom stereocenters. The number of aromatic nitrogens is 2. The normalized spacial score (nSPS) is 13.4. The van der Waals surface area contributed by atoms with Crippen LogP contribution in [0.5, 0.6) is 5.75 Å². The molecule has 0 spiro atoms. The lowest BCUT2D eigenvalue weighted by atomic mass is 9.99. The number of rotatable bonds is 6. The van der Waals surface area contributed by atoms with Crippen LogP contribution in [-0.4, -0.2) is 26.0 Å². The number of hydrogen-bond donors (Lipinski definition) is 3. The van der Waals surface area contributed by atoms with E-state index in [2.05, 4.69) is 15.3 Å². The number of aromatic carboxylic acids is 1. The van der Waals surface area contributed by atoms with Gasteiger partial charge in [0.05, 0.1) is 16.9 Å². The predicted molar refractivity (Wildman–Crippen MR) is 133 cm³/mol. The van der Waals surface area contributed by atoms with Crippen molar-refractivity contribution in [1.29, 1.82) is 0 Å². The molecule has 176 valence electrons.